The van der Waals surface area contributed by atoms with Gasteiger partial charge in [0.15, 0.2) is 0 Å². The van der Waals surface area contributed by atoms with Gasteiger partial charge in [-0.25, -0.2) is 4.98 Å². The lowest BCUT2D eigenvalue weighted by molar-refractivity contribution is -0.124. The molecule has 0 aromatic carbocycles. The van der Waals surface area contributed by atoms with Crippen molar-refractivity contribution in [2.24, 2.45) is 0 Å². The van der Waals surface area contributed by atoms with Gasteiger partial charge in [-0.3, -0.25) is 4.79 Å². The second kappa shape index (κ2) is 5.88. The summed E-state index contributed by atoms with van der Waals surface area (Å²) in [6.45, 7) is 1.32. The molecule has 2 aliphatic rings. The zero-order chi connectivity index (χ0) is 14.8. The van der Waals surface area contributed by atoms with E-state index < -0.39 is 6.04 Å². The minimum atomic E-state index is -0.460. The number of amides is 1. The normalized spacial score (nSPS) is 21.7. The maximum Gasteiger partial charge on any atom is 0.245 e. The molecule has 3 rings (SSSR count). The van der Waals surface area contributed by atoms with Crippen LogP contribution in [0.5, 0.6) is 0 Å². The number of hydrogen-bond acceptors (Lipinski definition) is 5. The molecule has 110 valence electrons. The van der Waals surface area contributed by atoms with Crippen LogP contribution >= 0.6 is 11.6 Å². The number of rotatable bonds is 3. The molecular formula is C14H15ClN4O2. The van der Waals surface area contributed by atoms with Crippen molar-refractivity contribution in [2.45, 2.75) is 24.9 Å². The van der Waals surface area contributed by atoms with Crippen molar-refractivity contribution in [3.8, 4) is 6.07 Å². The number of nitriles is 1. The van der Waals surface area contributed by atoms with Crippen LogP contribution in [0.15, 0.2) is 12.3 Å². The Morgan fingerprint density at radius 1 is 1.57 bits per heavy atom. The first-order valence-electron chi connectivity index (χ1n) is 6.90. The van der Waals surface area contributed by atoms with Crippen LogP contribution in [0.25, 0.3) is 0 Å². The number of morpholine rings is 1. The summed E-state index contributed by atoms with van der Waals surface area (Å²) in [5.74, 6) is 0.396. The summed E-state index contributed by atoms with van der Waals surface area (Å²) in [5.41, 5.74) is 0.356. The Labute approximate surface area is 127 Å². The van der Waals surface area contributed by atoms with E-state index in [2.05, 4.69) is 10.3 Å². The predicted molar refractivity (Wildman–Crippen MR) is 77.1 cm³/mol. The standard InChI is InChI=1S/C14H15ClN4O2/c15-12-9(7-16)3-4-17-13(12)19-5-6-21-8-11(19)14(20)18-10-1-2-10/h3-4,10-11H,1-2,5-6,8H2,(H,18,20). The third-order valence-electron chi connectivity index (χ3n) is 3.62. The highest BCUT2D eigenvalue weighted by molar-refractivity contribution is 6.34. The van der Waals surface area contributed by atoms with Crippen molar-refractivity contribution in [3.05, 3.63) is 22.8 Å². The van der Waals surface area contributed by atoms with Gasteiger partial charge in [0, 0.05) is 18.8 Å². The minimum absolute atomic E-state index is 0.0718. The maximum absolute atomic E-state index is 12.3. The summed E-state index contributed by atoms with van der Waals surface area (Å²) in [7, 11) is 0. The zero-order valence-electron chi connectivity index (χ0n) is 11.4. The molecule has 1 saturated carbocycles. The van der Waals surface area contributed by atoms with Crippen LogP contribution in [-0.2, 0) is 9.53 Å². The SMILES string of the molecule is N#Cc1ccnc(N2CCOCC2C(=O)NC2CC2)c1Cl. The molecule has 1 aliphatic heterocycles. The molecular weight excluding hydrogens is 292 g/mol. The van der Waals surface area contributed by atoms with Gasteiger partial charge < -0.3 is 15.0 Å². The molecule has 2 heterocycles. The van der Waals surface area contributed by atoms with E-state index in [0.29, 0.717) is 31.1 Å². The van der Waals surface area contributed by atoms with Gasteiger partial charge in [-0.2, -0.15) is 5.26 Å². The van der Waals surface area contributed by atoms with Crippen molar-refractivity contribution in [2.75, 3.05) is 24.7 Å². The molecule has 2 fully saturated rings. The lowest BCUT2D eigenvalue weighted by atomic mass is 10.2. The first-order valence-corrected chi connectivity index (χ1v) is 7.28. The molecule has 1 unspecified atom stereocenters. The highest BCUT2D eigenvalue weighted by Crippen LogP contribution is 2.29. The van der Waals surface area contributed by atoms with Crippen molar-refractivity contribution >= 4 is 23.3 Å². The third kappa shape index (κ3) is 2.94. The molecule has 21 heavy (non-hydrogen) atoms. The third-order valence-corrected chi connectivity index (χ3v) is 3.99. The molecule has 7 heteroatoms. The molecule has 6 nitrogen and oxygen atoms in total. The van der Waals surface area contributed by atoms with Crippen molar-refractivity contribution in [1.29, 1.82) is 5.26 Å². The molecule has 1 atom stereocenters. The van der Waals surface area contributed by atoms with E-state index >= 15 is 0 Å². The van der Waals surface area contributed by atoms with Crippen LogP contribution in [0.3, 0.4) is 0 Å². The van der Waals surface area contributed by atoms with Crippen LogP contribution in [0.1, 0.15) is 18.4 Å². The Morgan fingerprint density at radius 2 is 2.38 bits per heavy atom. The molecule has 1 saturated heterocycles. The van der Waals surface area contributed by atoms with Crippen molar-refractivity contribution < 1.29 is 9.53 Å². The largest absolute Gasteiger partial charge is 0.377 e. The number of carbonyl (C=O) groups is 1. The second-order valence-electron chi connectivity index (χ2n) is 5.17. The highest BCUT2D eigenvalue weighted by atomic mass is 35.5. The van der Waals surface area contributed by atoms with Crippen LogP contribution in [-0.4, -0.2) is 42.7 Å². The number of carbonyl (C=O) groups excluding carboxylic acids is 1. The Morgan fingerprint density at radius 3 is 3.10 bits per heavy atom. The molecule has 1 aromatic heterocycles. The summed E-state index contributed by atoms with van der Waals surface area (Å²) < 4.78 is 5.42. The van der Waals surface area contributed by atoms with Crippen LogP contribution < -0.4 is 10.2 Å². The number of nitrogens with one attached hydrogen (secondary N) is 1. The fraction of sp³-hybridized carbons (Fsp3) is 0.500. The summed E-state index contributed by atoms with van der Waals surface area (Å²) in [5, 5.41) is 12.3. The fourth-order valence-electron chi connectivity index (χ4n) is 2.32. The van der Waals surface area contributed by atoms with E-state index in [1.165, 1.54) is 6.20 Å². The Hall–Kier alpha value is -1.84. The lowest BCUT2D eigenvalue weighted by Gasteiger charge is -2.35. The van der Waals surface area contributed by atoms with Gasteiger partial charge in [0.2, 0.25) is 5.91 Å². The average molecular weight is 307 g/mol. The Kier molecular flexibility index (Phi) is 3.95. The molecule has 0 spiro atoms. The summed E-state index contributed by atoms with van der Waals surface area (Å²) in [4.78, 5) is 18.4. The van der Waals surface area contributed by atoms with E-state index in [-0.39, 0.29) is 17.0 Å². The monoisotopic (exact) mass is 306 g/mol. The second-order valence-corrected chi connectivity index (χ2v) is 5.55. The van der Waals surface area contributed by atoms with Gasteiger partial charge in [0.05, 0.1) is 18.8 Å². The van der Waals surface area contributed by atoms with Gasteiger partial charge in [-0.1, -0.05) is 11.6 Å². The van der Waals surface area contributed by atoms with Gasteiger partial charge in [0.1, 0.15) is 23.0 Å². The quantitative estimate of drug-likeness (QED) is 0.904. The lowest BCUT2D eigenvalue weighted by Crippen LogP contribution is -2.54. The molecule has 1 amide bonds. The Bertz CT molecular complexity index is 597. The van der Waals surface area contributed by atoms with E-state index in [4.69, 9.17) is 21.6 Å². The maximum atomic E-state index is 12.3. The summed E-state index contributed by atoms with van der Waals surface area (Å²) in [6.07, 6.45) is 3.59. The van der Waals surface area contributed by atoms with Gasteiger partial charge >= 0.3 is 0 Å². The van der Waals surface area contributed by atoms with E-state index in [1.54, 1.807) is 6.07 Å². The molecule has 1 aliphatic carbocycles. The van der Waals surface area contributed by atoms with Gasteiger partial charge in [-0.05, 0) is 18.9 Å². The van der Waals surface area contributed by atoms with Crippen molar-refractivity contribution in [1.82, 2.24) is 10.3 Å². The summed E-state index contributed by atoms with van der Waals surface area (Å²) in [6, 6.07) is 3.42. The predicted octanol–water partition coefficient (Wildman–Crippen LogP) is 1.09. The fourth-order valence-corrected chi connectivity index (χ4v) is 2.58. The molecule has 0 radical (unpaired) electrons. The highest BCUT2D eigenvalue weighted by Gasteiger charge is 2.34. The number of anilines is 1. The first-order chi connectivity index (χ1) is 10.2. The van der Waals surface area contributed by atoms with Gasteiger partial charge in [0.25, 0.3) is 0 Å². The van der Waals surface area contributed by atoms with Crippen molar-refractivity contribution in [3.63, 3.8) is 0 Å². The molecule has 1 aromatic rings. The van der Waals surface area contributed by atoms with Crippen LogP contribution in [0.2, 0.25) is 5.02 Å². The first kappa shape index (κ1) is 14.1. The topological polar surface area (TPSA) is 78.2 Å². The number of hydrogen-bond donors (Lipinski definition) is 1. The number of halogens is 1. The van der Waals surface area contributed by atoms with E-state index in [9.17, 15) is 4.79 Å². The number of pyridine rings is 1. The number of ether oxygens (including phenoxy) is 1. The smallest absolute Gasteiger partial charge is 0.245 e. The van der Waals surface area contributed by atoms with E-state index in [0.717, 1.165) is 12.8 Å². The minimum Gasteiger partial charge on any atom is -0.377 e. The zero-order valence-corrected chi connectivity index (χ0v) is 12.1. The average Bonchev–Trinajstić information content (AvgIpc) is 3.31. The number of aromatic nitrogens is 1. The molecule has 1 N–H and O–H groups in total. The Balaban J connectivity index is 1.87. The molecule has 0 bridgehead atoms. The van der Waals surface area contributed by atoms with Gasteiger partial charge in [-0.15, -0.1) is 0 Å². The van der Waals surface area contributed by atoms with E-state index in [1.807, 2.05) is 11.0 Å². The van der Waals surface area contributed by atoms with Crippen LogP contribution in [0.4, 0.5) is 5.82 Å². The number of nitrogens with zero attached hydrogens (tertiary/aromatic N) is 3. The van der Waals surface area contributed by atoms with Crippen LogP contribution in [0, 0.1) is 11.3 Å². The summed E-state index contributed by atoms with van der Waals surface area (Å²) >= 11 is 6.23.